The van der Waals surface area contributed by atoms with Crippen LogP contribution < -0.4 is 16.4 Å². The van der Waals surface area contributed by atoms with E-state index in [9.17, 15) is 9.59 Å². The number of amides is 2. The minimum atomic E-state index is -0.363. The Morgan fingerprint density at radius 2 is 2.12 bits per heavy atom. The van der Waals surface area contributed by atoms with Crippen LogP contribution in [0.1, 0.15) is 19.3 Å². The summed E-state index contributed by atoms with van der Waals surface area (Å²) in [5.41, 5.74) is 5.08. The predicted molar refractivity (Wildman–Crippen MR) is 56.9 cm³/mol. The molecule has 6 heteroatoms. The molecular formula is C10H16N4O2. The van der Waals surface area contributed by atoms with Crippen molar-refractivity contribution in [1.29, 1.82) is 5.26 Å². The summed E-state index contributed by atoms with van der Waals surface area (Å²) < 4.78 is 0. The lowest BCUT2D eigenvalue weighted by molar-refractivity contribution is -0.125. The average molecular weight is 224 g/mol. The first-order valence-electron chi connectivity index (χ1n) is 5.33. The molecule has 0 aliphatic heterocycles. The van der Waals surface area contributed by atoms with E-state index in [4.69, 9.17) is 11.0 Å². The summed E-state index contributed by atoms with van der Waals surface area (Å²) in [7, 11) is 0. The van der Waals surface area contributed by atoms with Gasteiger partial charge in [0, 0.05) is 6.04 Å². The number of nitrogens with two attached hydrogens (primary N) is 1. The molecule has 2 unspecified atom stereocenters. The fourth-order valence-corrected chi connectivity index (χ4v) is 1.80. The van der Waals surface area contributed by atoms with Crippen LogP contribution in [0.15, 0.2) is 0 Å². The van der Waals surface area contributed by atoms with Crippen LogP contribution in [0.4, 0.5) is 0 Å². The number of nitrogens with zero attached hydrogens (tertiary/aromatic N) is 1. The van der Waals surface area contributed by atoms with Gasteiger partial charge in [-0.15, -0.1) is 0 Å². The van der Waals surface area contributed by atoms with Crippen LogP contribution in [0.25, 0.3) is 0 Å². The van der Waals surface area contributed by atoms with Crippen molar-refractivity contribution in [3.63, 3.8) is 0 Å². The van der Waals surface area contributed by atoms with Crippen molar-refractivity contribution >= 4 is 11.8 Å². The summed E-state index contributed by atoms with van der Waals surface area (Å²) in [4.78, 5) is 22.2. The molecule has 0 radical (unpaired) electrons. The van der Waals surface area contributed by atoms with E-state index >= 15 is 0 Å². The lowest BCUT2D eigenvalue weighted by Gasteiger charge is -2.15. The number of carbonyl (C=O) groups is 2. The largest absolute Gasteiger partial charge is 0.351 e. The smallest absolute Gasteiger partial charge is 0.239 e. The molecule has 1 fully saturated rings. The first kappa shape index (κ1) is 12.5. The van der Waals surface area contributed by atoms with Crippen LogP contribution in [0.5, 0.6) is 0 Å². The molecule has 2 amide bonds. The van der Waals surface area contributed by atoms with Gasteiger partial charge in [-0.3, -0.25) is 9.59 Å². The van der Waals surface area contributed by atoms with Crippen LogP contribution >= 0.6 is 0 Å². The summed E-state index contributed by atoms with van der Waals surface area (Å²) >= 11 is 0. The van der Waals surface area contributed by atoms with Crippen LogP contribution in [-0.4, -0.2) is 30.9 Å². The molecule has 1 aliphatic rings. The fraction of sp³-hybridized carbons (Fsp3) is 0.700. The highest BCUT2D eigenvalue weighted by Crippen LogP contribution is 2.24. The molecule has 2 atom stereocenters. The molecule has 0 spiro atoms. The van der Waals surface area contributed by atoms with E-state index in [0.29, 0.717) is 0 Å². The highest BCUT2D eigenvalue weighted by atomic mass is 16.2. The molecule has 0 heterocycles. The quantitative estimate of drug-likeness (QED) is 0.561. The van der Waals surface area contributed by atoms with E-state index in [1.54, 1.807) is 0 Å². The molecule has 0 aromatic carbocycles. The third kappa shape index (κ3) is 3.51. The number of nitriles is 1. The van der Waals surface area contributed by atoms with Gasteiger partial charge in [-0.2, -0.15) is 5.26 Å². The molecule has 0 aromatic rings. The Morgan fingerprint density at radius 3 is 2.75 bits per heavy atom. The number of nitrogens with one attached hydrogen (secondary N) is 2. The van der Waals surface area contributed by atoms with Crippen molar-refractivity contribution in [2.75, 3.05) is 13.1 Å². The summed E-state index contributed by atoms with van der Waals surface area (Å²) in [6.07, 6.45) is 2.61. The zero-order valence-electron chi connectivity index (χ0n) is 9.03. The van der Waals surface area contributed by atoms with Gasteiger partial charge in [-0.05, 0) is 19.3 Å². The Morgan fingerprint density at radius 1 is 1.38 bits per heavy atom. The molecule has 1 aliphatic carbocycles. The first-order valence-corrected chi connectivity index (χ1v) is 5.33. The minimum absolute atomic E-state index is 0.0766. The van der Waals surface area contributed by atoms with E-state index in [-0.39, 0.29) is 36.9 Å². The predicted octanol–water partition coefficient (Wildman–Crippen LogP) is -1.13. The minimum Gasteiger partial charge on any atom is -0.351 e. The van der Waals surface area contributed by atoms with Crippen LogP contribution in [0.3, 0.4) is 0 Å². The van der Waals surface area contributed by atoms with Crippen molar-refractivity contribution in [2.45, 2.75) is 25.3 Å². The number of hydrogen-bond acceptors (Lipinski definition) is 4. The lowest BCUT2D eigenvalue weighted by Crippen LogP contribution is -2.44. The summed E-state index contributed by atoms with van der Waals surface area (Å²) in [5.74, 6) is -0.735. The fourth-order valence-electron chi connectivity index (χ4n) is 1.80. The van der Waals surface area contributed by atoms with E-state index < -0.39 is 0 Å². The maximum atomic E-state index is 11.4. The molecule has 0 saturated heterocycles. The summed E-state index contributed by atoms with van der Waals surface area (Å²) in [5, 5.41) is 13.9. The van der Waals surface area contributed by atoms with Crippen molar-refractivity contribution in [3.05, 3.63) is 0 Å². The van der Waals surface area contributed by atoms with Gasteiger partial charge in [0.05, 0.1) is 25.1 Å². The van der Waals surface area contributed by atoms with E-state index in [0.717, 1.165) is 19.3 Å². The van der Waals surface area contributed by atoms with Crippen LogP contribution in [-0.2, 0) is 9.59 Å². The molecule has 88 valence electrons. The molecule has 0 aromatic heterocycles. The Bertz CT molecular complexity index is 310. The van der Waals surface area contributed by atoms with Gasteiger partial charge in [-0.25, -0.2) is 0 Å². The Labute approximate surface area is 94.2 Å². The second-order valence-electron chi connectivity index (χ2n) is 3.82. The molecule has 4 N–H and O–H groups in total. The molecule has 1 rings (SSSR count). The van der Waals surface area contributed by atoms with Gasteiger partial charge >= 0.3 is 0 Å². The van der Waals surface area contributed by atoms with Gasteiger partial charge in [0.15, 0.2) is 0 Å². The topological polar surface area (TPSA) is 108 Å². The second-order valence-corrected chi connectivity index (χ2v) is 3.82. The molecular weight excluding hydrogens is 208 g/mol. The zero-order chi connectivity index (χ0) is 12.0. The van der Waals surface area contributed by atoms with Crippen molar-refractivity contribution in [3.8, 4) is 6.07 Å². The monoisotopic (exact) mass is 224 g/mol. The van der Waals surface area contributed by atoms with E-state index in [1.807, 2.05) is 0 Å². The lowest BCUT2D eigenvalue weighted by atomic mass is 10.1. The highest BCUT2D eigenvalue weighted by Gasteiger charge is 2.28. The Hall–Kier alpha value is -1.61. The van der Waals surface area contributed by atoms with Crippen molar-refractivity contribution in [2.24, 2.45) is 11.7 Å². The highest BCUT2D eigenvalue weighted by molar-refractivity contribution is 5.85. The van der Waals surface area contributed by atoms with E-state index in [2.05, 4.69) is 16.7 Å². The molecule has 6 nitrogen and oxygen atoms in total. The van der Waals surface area contributed by atoms with Gasteiger partial charge in [0.1, 0.15) is 0 Å². The van der Waals surface area contributed by atoms with Crippen molar-refractivity contribution in [1.82, 2.24) is 10.6 Å². The van der Waals surface area contributed by atoms with Crippen molar-refractivity contribution < 1.29 is 9.59 Å². The van der Waals surface area contributed by atoms with Crippen LogP contribution in [0, 0.1) is 17.2 Å². The molecule has 0 bridgehead atoms. The normalized spacial score (nSPS) is 23.5. The first-order chi connectivity index (χ1) is 7.67. The summed E-state index contributed by atoms with van der Waals surface area (Å²) in [6, 6.07) is 2.10. The number of hydrogen-bond donors (Lipinski definition) is 3. The van der Waals surface area contributed by atoms with Gasteiger partial charge in [0.2, 0.25) is 11.8 Å². The SMILES string of the molecule is N#CC1CCCC1NC(=O)CNC(=O)CN. The molecule has 16 heavy (non-hydrogen) atoms. The standard InChI is InChI=1S/C10H16N4O2/c11-4-7-2-1-3-8(7)14-10(16)6-13-9(15)5-12/h7-8H,1-3,5-6,12H2,(H,13,15)(H,14,16). The molecule has 1 saturated carbocycles. The maximum Gasteiger partial charge on any atom is 0.239 e. The number of rotatable bonds is 4. The van der Waals surface area contributed by atoms with Gasteiger partial charge < -0.3 is 16.4 Å². The average Bonchev–Trinajstić information content (AvgIpc) is 2.73. The van der Waals surface area contributed by atoms with Gasteiger partial charge in [0.25, 0.3) is 0 Å². The Kier molecular flexibility index (Phi) is 4.73. The summed E-state index contributed by atoms with van der Waals surface area (Å²) in [6.45, 7) is -0.206. The number of carbonyl (C=O) groups excluding carboxylic acids is 2. The third-order valence-corrected chi connectivity index (χ3v) is 2.66. The Balaban J connectivity index is 2.29. The van der Waals surface area contributed by atoms with Gasteiger partial charge in [-0.1, -0.05) is 0 Å². The second kappa shape index (κ2) is 6.08. The van der Waals surface area contributed by atoms with Crippen LogP contribution in [0.2, 0.25) is 0 Å². The zero-order valence-corrected chi connectivity index (χ0v) is 9.03. The van der Waals surface area contributed by atoms with E-state index in [1.165, 1.54) is 0 Å². The third-order valence-electron chi connectivity index (χ3n) is 2.66. The maximum absolute atomic E-state index is 11.4.